The Balaban J connectivity index is 0.910. The minimum Gasteiger partial charge on any atom is -0.328 e. The molecule has 0 radical (unpaired) electrons. The third-order valence-corrected chi connectivity index (χ3v) is 9.25. The van der Waals surface area contributed by atoms with E-state index in [1.165, 1.54) is 24.1 Å². The fraction of sp³-hybridized carbons (Fsp3) is 0.600. The number of aromatic nitrogens is 5. The van der Waals surface area contributed by atoms with Crippen molar-refractivity contribution in [1.82, 2.24) is 34.8 Å². The molecule has 4 fully saturated rings. The average molecular weight is 514 g/mol. The summed E-state index contributed by atoms with van der Waals surface area (Å²) in [6.07, 6.45) is 4.73. The molecule has 2 aliphatic heterocycles. The lowest BCUT2D eigenvalue weighted by Crippen LogP contribution is -2.67. The molecule has 4 heterocycles. The maximum absolute atomic E-state index is 13.1. The third-order valence-electron chi connectivity index (χ3n) is 9.25. The molecule has 2 amide bonds. The standard InChI is InChI=1S/C30H39N7O/c1-18(2)25-11-26(19(3)4)37(34-25)24-9-7-20(8-10-24)23-14-35(15-23)29(38)36-16-30(17-36)12-22(13-30)28-31-27(32-33-28)21-5-6-21/h7-11,18-19,21-23H,5-6,12-17H2,1-4H3,(H,31,32,33). The molecule has 2 saturated heterocycles. The zero-order valence-electron chi connectivity index (χ0n) is 23.0. The highest BCUT2D eigenvalue weighted by molar-refractivity contribution is 5.77. The van der Waals surface area contributed by atoms with Crippen molar-refractivity contribution in [2.75, 3.05) is 26.2 Å². The summed E-state index contributed by atoms with van der Waals surface area (Å²) in [5, 5.41) is 13.6. The minimum absolute atomic E-state index is 0.210. The van der Waals surface area contributed by atoms with E-state index in [2.05, 4.69) is 77.9 Å². The van der Waals surface area contributed by atoms with E-state index < -0.39 is 0 Å². The number of nitrogens with one attached hydrogen (secondary N) is 1. The van der Waals surface area contributed by atoms with E-state index >= 15 is 0 Å². The Morgan fingerprint density at radius 3 is 2.16 bits per heavy atom. The van der Waals surface area contributed by atoms with Crippen molar-refractivity contribution < 1.29 is 4.79 Å². The van der Waals surface area contributed by atoms with Crippen LogP contribution in [0.2, 0.25) is 0 Å². The number of benzene rings is 1. The van der Waals surface area contributed by atoms with E-state index in [1.54, 1.807) is 0 Å². The molecule has 4 aliphatic rings. The van der Waals surface area contributed by atoms with E-state index in [-0.39, 0.29) is 6.03 Å². The number of carbonyl (C=O) groups excluding carboxylic acids is 1. The van der Waals surface area contributed by atoms with Crippen molar-refractivity contribution in [3.63, 3.8) is 0 Å². The molecule has 2 saturated carbocycles. The highest BCUT2D eigenvalue weighted by atomic mass is 16.2. The fourth-order valence-electron chi connectivity index (χ4n) is 6.60. The van der Waals surface area contributed by atoms with Crippen LogP contribution in [-0.2, 0) is 0 Å². The van der Waals surface area contributed by atoms with Crippen LogP contribution in [0, 0.1) is 5.41 Å². The molecule has 2 aliphatic carbocycles. The first-order valence-electron chi connectivity index (χ1n) is 14.4. The molecule has 1 aromatic carbocycles. The molecule has 1 spiro atoms. The molecule has 2 aromatic heterocycles. The SMILES string of the molecule is CC(C)c1cc(C(C)C)n(-c2ccc(C3CN(C(=O)N4CC5(CC(c6nnc(C7CC7)[nH]6)C5)C4)C3)cc2)n1. The summed E-state index contributed by atoms with van der Waals surface area (Å²) >= 11 is 0. The molecule has 8 nitrogen and oxygen atoms in total. The van der Waals surface area contributed by atoms with Gasteiger partial charge in [0.15, 0.2) is 0 Å². The lowest BCUT2D eigenvalue weighted by Gasteiger charge is -2.59. The van der Waals surface area contributed by atoms with Crippen molar-refractivity contribution in [2.24, 2.45) is 5.41 Å². The van der Waals surface area contributed by atoms with Gasteiger partial charge in [-0.05, 0) is 61.3 Å². The Morgan fingerprint density at radius 1 is 0.895 bits per heavy atom. The molecule has 1 N–H and O–H groups in total. The molecular weight excluding hydrogens is 474 g/mol. The summed E-state index contributed by atoms with van der Waals surface area (Å²) in [4.78, 5) is 20.6. The van der Waals surface area contributed by atoms with E-state index in [1.807, 2.05) is 9.80 Å². The van der Waals surface area contributed by atoms with Gasteiger partial charge in [-0.25, -0.2) is 9.48 Å². The second kappa shape index (κ2) is 8.68. The number of hydrogen-bond acceptors (Lipinski definition) is 4. The summed E-state index contributed by atoms with van der Waals surface area (Å²) in [6.45, 7) is 12.2. The first kappa shape index (κ1) is 23.9. The van der Waals surface area contributed by atoms with Gasteiger partial charge in [0.1, 0.15) is 11.6 Å². The van der Waals surface area contributed by atoms with Crippen LogP contribution >= 0.6 is 0 Å². The number of likely N-dealkylation sites (tertiary alicyclic amines) is 2. The van der Waals surface area contributed by atoms with Gasteiger partial charge in [-0.3, -0.25) is 0 Å². The number of H-pyrrole nitrogens is 1. The maximum atomic E-state index is 13.1. The van der Waals surface area contributed by atoms with Crippen LogP contribution in [0.4, 0.5) is 4.79 Å². The van der Waals surface area contributed by atoms with Gasteiger partial charge < -0.3 is 14.8 Å². The number of hydrogen-bond donors (Lipinski definition) is 1. The topological polar surface area (TPSA) is 82.9 Å². The number of rotatable bonds is 6. The number of amides is 2. The Labute approximate surface area is 224 Å². The van der Waals surface area contributed by atoms with Gasteiger partial charge in [-0.15, -0.1) is 10.2 Å². The number of urea groups is 1. The number of aromatic amines is 1. The molecule has 38 heavy (non-hydrogen) atoms. The van der Waals surface area contributed by atoms with Crippen LogP contribution in [-0.4, -0.2) is 67.0 Å². The van der Waals surface area contributed by atoms with Gasteiger partial charge in [0.05, 0.1) is 11.4 Å². The van der Waals surface area contributed by atoms with E-state index in [0.29, 0.717) is 35.0 Å². The van der Waals surface area contributed by atoms with Crippen LogP contribution < -0.4 is 0 Å². The second-order valence-corrected chi connectivity index (χ2v) is 13.0. The quantitative estimate of drug-likeness (QED) is 0.471. The normalized spacial score (nSPS) is 21.2. The van der Waals surface area contributed by atoms with Gasteiger partial charge in [0.2, 0.25) is 0 Å². The summed E-state index contributed by atoms with van der Waals surface area (Å²) in [5.41, 5.74) is 5.10. The Kier molecular flexibility index (Phi) is 5.46. The largest absolute Gasteiger partial charge is 0.328 e. The first-order valence-corrected chi connectivity index (χ1v) is 14.4. The first-order chi connectivity index (χ1) is 18.3. The summed E-state index contributed by atoms with van der Waals surface area (Å²) in [5.74, 6) is 4.48. The molecule has 0 unspecified atom stereocenters. The van der Waals surface area contributed by atoms with Gasteiger partial charge in [0.25, 0.3) is 0 Å². The van der Waals surface area contributed by atoms with Gasteiger partial charge in [0, 0.05) is 55.0 Å². The maximum Gasteiger partial charge on any atom is 0.320 e. The average Bonchev–Trinajstić information content (AvgIpc) is 3.36. The molecule has 0 atom stereocenters. The summed E-state index contributed by atoms with van der Waals surface area (Å²) in [6, 6.07) is 11.2. The van der Waals surface area contributed by atoms with E-state index in [9.17, 15) is 4.79 Å². The van der Waals surface area contributed by atoms with Crippen LogP contribution in [0.5, 0.6) is 0 Å². The smallest absolute Gasteiger partial charge is 0.320 e. The monoisotopic (exact) mass is 513 g/mol. The van der Waals surface area contributed by atoms with Crippen molar-refractivity contribution >= 4 is 6.03 Å². The van der Waals surface area contributed by atoms with E-state index in [0.717, 1.165) is 62.1 Å². The highest BCUT2D eigenvalue weighted by Gasteiger charge is 2.56. The molecule has 8 heteroatoms. The Hall–Kier alpha value is -3.16. The van der Waals surface area contributed by atoms with Crippen LogP contribution in [0.25, 0.3) is 5.69 Å². The molecular formula is C30H39N7O. The fourth-order valence-corrected chi connectivity index (χ4v) is 6.60. The van der Waals surface area contributed by atoms with Gasteiger partial charge in [-0.1, -0.05) is 39.8 Å². The van der Waals surface area contributed by atoms with Crippen molar-refractivity contribution in [3.8, 4) is 5.69 Å². The Morgan fingerprint density at radius 2 is 1.55 bits per heavy atom. The minimum atomic E-state index is 0.210. The molecule has 200 valence electrons. The molecule has 7 rings (SSSR count). The predicted molar refractivity (Wildman–Crippen MR) is 146 cm³/mol. The number of nitrogens with zero attached hydrogens (tertiary/aromatic N) is 6. The number of carbonyl (C=O) groups is 1. The summed E-state index contributed by atoms with van der Waals surface area (Å²) < 4.78 is 2.10. The van der Waals surface area contributed by atoms with Gasteiger partial charge in [-0.2, -0.15) is 5.10 Å². The van der Waals surface area contributed by atoms with Crippen LogP contribution in [0.3, 0.4) is 0 Å². The van der Waals surface area contributed by atoms with Crippen molar-refractivity contribution in [1.29, 1.82) is 0 Å². The van der Waals surface area contributed by atoms with Crippen molar-refractivity contribution in [3.05, 3.63) is 58.9 Å². The second-order valence-electron chi connectivity index (χ2n) is 13.0. The van der Waals surface area contributed by atoms with E-state index in [4.69, 9.17) is 5.10 Å². The highest BCUT2D eigenvalue weighted by Crippen LogP contribution is 2.56. The third kappa shape index (κ3) is 4.03. The predicted octanol–water partition coefficient (Wildman–Crippen LogP) is 5.51. The van der Waals surface area contributed by atoms with Crippen molar-refractivity contribution in [2.45, 2.75) is 83.0 Å². The van der Waals surface area contributed by atoms with Crippen LogP contribution in [0.1, 0.15) is 112 Å². The zero-order valence-corrected chi connectivity index (χ0v) is 23.0. The molecule has 0 bridgehead atoms. The molecule has 3 aromatic rings. The Bertz CT molecular complexity index is 1330. The van der Waals surface area contributed by atoms with Gasteiger partial charge >= 0.3 is 6.03 Å². The zero-order chi connectivity index (χ0) is 26.2. The van der Waals surface area contributed by atoms with Crippen LogP contribution in [0.15, 0.2) is 30.3 Å². The lowest BCUT2D eigenvalue weighted by atomic mass is 9.57. The lowest BCUT2D eigenvalue weighted by molar-refractivity contribution is -0.0601. The summed E-state index contributed by atoms with van der Waals surface area (Å²) in [7, 11) is 0.